The molecule has 36 heteroatoms. The number of fused-ring (bicyclic) bond motifs is 8. The highest BCUT2D eigenvalue weighted by molar-refractivity contribution is 5.98. The number of rotatable bonds is 6. The number of hydrogen-bond acceptors (Lipinski definition) is 36. The third-order valence-corrected chi connectivity index (χ3v) is 13.5. The molecule has 3 heterocycles. The summed E-state index contributed by atoms with van der Waals surface area (Å²) < 4.78 is 55.0. The fraction of sp³-hybridized carbons (Fsp3) is 0.222. The van der Waals surface area contributed by atoms with Gasteiger partial charge >= 0.3 is 35.8 Å². The maximum absolute atomic E-state index is 14.6. The predicted octanol–water partition coefficient (Wildman–Crippen LogP) is 0.246. The largest absolute Gasteiger partial charge is 0.504 e. The van der Waals surface area contributed by atoms with Crippen LogP contribution in [0.15, 0.2) is 60.7 Å². The zero-order chi connectivity index (χ0) is 65.8. The molecule has 0 amide bonds. The van der Waals surface area contributed by atoms with E-state index in [-0.39, 0.29) is 12.1 Å². The van der Waals surface area contributed by atoms with Crippen molar-refractivity contribution < 1.29 is 178 Å². The first-order valence-corrected chi connectivity index (χ1v) is 25.1. The van der Waals surface area contributed by atoms with Gasteiger partial charge in [0.2, 0.25) is 59.3 Å². The number of carbonyl (C=O) groups is 6. The topological polar surface area (TPSA) is 599 Å². The van der Waals surface area contributed by atoms with Crippen LogP contribution < -0.4 is 9.47 Å². The third-order valence-electron chi connectivity index (χ3n) is 13.5. The number of aromatic hydroxyl groups is 16. The Hall–Kier alpha value is -11.7. The summed E-state index contributed by atoms with van der Waals surface area (Å²) in [6.45, 7) is -2.59. The van der Waals surface area contributed by atoms with Crippen LogP contribution in [0.2, 0.25) is 0 Å². The number of carbonyl (C=O) groups excluding carboxylic acids is 6. The van der Waals surface area contributed by atoms with E-state index in [9.17, 15) is 131 Å². The molecule has 6 aromatic carbocycles. The van der Waals surface area contributed by atoms with Gasteiger partial charge < -0.3 is 149 Å². The van der Waals surface area contributed by atoms with Gasteiger partial charge in [-0.05, 0) is 48.5 Å². The van der Waals surface area contributed by atoms with Crippen LogP contribution in [0.5, 0.6) is 115 Å². The SMILES string of the molecule is O=C1O[C@@H]2O[C@H](CO)[C@@H](O)[C@H](OC(=O)c3cc(O)c(O)c(O)c3)[C@H]2OC(=O)c2cc(O)c(O)c(O)c2Oc2cc(cc(O)c2O)C(=O)O[C@@H]2O[C@H](CO)[C@@H](O)[C@H](OC(=O)c3cc(O)c(O)c(O)c3)[C@H]2OC(=O)c2cc(O)c(O)c(O)c2Oc2cc1cc(O)c2O. The van der Waals surface area contributed by atoms with E-state index in [4.69, 9.17) is 47.4 Å². The quantitative estimate of drug-likeness (QED) is 0.0603. The van der Waals surface area contributed by atoms with Crippen LogP contribution in [0, 0.1) is 0 Å². The van der Waals surface area contributed by atoms with E-state index < -0.39 is 259 Å². The van der Waals surface area contributed by atoms with Crippen molar-refractivity contribution >= 4 is 35.8 Å². The van der Waals surface area contributed by atoms with Crippen molar-refractivity contribution in [3.05, 3.63) is 94.0 Å². The van der Waals surface area contributed by atoms with Crippen molar-refractivity contribution in [3.8, 4) is 115 Å². The molecule has 0 saturated carbocycles. The normalized spacial score (nSPS) is 22.8. The zero-order valence-corrected chi connectivity index (χ0v) is 44.4. The Morgan fingerprint density at radius 1 is 0.378 bits per heavy atom. The van der Waals surface area contributed by atoms with Crippen LogP contribution in [-0.4, -0.2) is 213 Å². The van der Waals surface area contributed by atoms with Crippen LogP contribution in [0.4, 0.5) is 0 Å². The van der Waals surface area contributed by atoms with Gasteiger partial charge in [0.05, 0.1) is 35.5 Å². The number of hydrogen-bond donors (Lipinski definition) is 20. The van der Waals surface area contributed by atoms with Crippen LogP contribution in [0.1, 0.15) is 62.1 Å². The number of aliphatic hydroxyl groups is 4. The minimum Gasteiger partial charge on any atom is -0.504 e. The second-order valence-electron chi connectivity index (χ2n) is 19.3. The van der Waals surface area contributed by atoms with E-state index in [0.29, 0.717) is 48.5 Å². The summed E-state index contributed by atoms with van der Waals surface area (Å²) in [7, 11) is 0. The number of benzene rings is 6. The summed E-state index contributed by atoms with van der Waals surface area (Å²) in [5.41, 5.74) is -6.35. The van der Waals surface area contributed by atoms with E-state index in [0.717, 1.165) is 0 Å². The molecule has 0 unspecified atom stereocenters. The van der Waals surface area contributed by atoms with Crippen molar-refractivity contribution in [2.24, 2.45) is 0 Å². The summed E-state index contributed by atoms with van der Waals surface area (Å²) in [5, 5.41) is 214. The first-order valence-electron chi connectivity index (χ1n) is 25.1. The van der Waals surface area contributed by atoms with Gasteiger partial charge in [-0.1, -0.05) is 0 Å². The van der Waals surface area contributed by atoms with Gasteiger partial charge in [-0.2, -0.15) is 0 Å². The van der Waals surface area contributed by atoms with Gasteiger partial charge in [-0.15, -0.1) is 0 Å². The van der Waals surface area contributed by atoms with Gasteiger partial charge in [0.25, 0.3) is 0 Å². The molecule has 36 nitrogen and oxygen atoms in total. The highest BCUT2D eigenvalue weighted by Crippen LogP contribution is 2.52. The molecule has 0 aromatic heterocycles. The molecule has 476 valence electrons. The minimum absolute atomic E-state index is 0.272. The van der Waals surface area contributed by atoms with E-state index >= 15 is 0 Å². The highest BCUT2D eigenvalue weighted by atomic mass is 16.8. The van der Waals surface area contributed by atoms with Crippen molar-refractivity contribution in [2.75, 3.05) is 13.2 Å². The maximum Gasteiger partial charge on any atom is 0.342 e. The minimum atomic E-state index is -2.67. The molecule has 0 spiro atoms. The summed E-state index contributed by atoms with van der Waals surface area (Å²) in [5.74, 6) is -37.8. The second kappa shape index (κ2) is 24.2. The lowest BCUT2D eigenvalue weighted by Gasteiger charge is -2.42. The average Bonchev–Trinajstić information content (AvgIpc) is 0.827. The van der Waals surface area contributed by atoms with Gasteiger partial charge in [0, 0.05) is 12.1 Å². The Morgan fingerprint density at radius 2 is 0.689 bits per heavy atom. The standard InChI is InChI=1S/C54H44O36/c55-11-29-37(71)43(85-47(75)13-1-19(57)31(65)20(58)2-13)45-53(83-29)89-49(77)15-5-23(61)33(67)27(7-15)82-42-18(10-26(64)36(70)40(42)74)52(80)88-46-44(86-48(76)14-3-21(59)32(66)22(60)4-14)38(72)30(12-56)84-54(46)90-50(78)16-6-24(62)34(68)28(8-16)81-41-17(51(79)87-45)9-25(63)35(69)39(41)73/h1-10,29-30,37-38,43-46,53-74H,11-12H2/t29-,30-,37-,38-,43+,44+,45-,46-,53+,54+/m1/s1. The lowest BCUT2D eigenvalue weighted by atomic mass is 9.98. The van der Waals surface area contributed by atoms with Gasteiger partial charge in [0.1, 0.15) is 35.5 Å². The molecule has 2 saturated heterocycles. The number of aliphatic hydroxyl groups excluding tert-OH is 4. The molecule has 3 aliphatic heterocycles. The third kappa shape index (κ3) is 11.7. The van der Waals surface area contributed by atoms with E-state index in [1.807, 2.05) is 0 Å². The first-order chi connectivity index (χ1) is 42.4. The molecule has 0 aliphatic carbocycles. The molecule has 9 rings (SSSR count). The van der Waals surface area contributed by atoms with Crippen molar-refractivity contribution in [1.29, 1.82) is 0 Å². The predicted molar refractivity (Wildman–Crippen MR) is 277 cm³/mol. The van der Waals surface area contributed by atoms with Gasteiger partial charge in [0.15, 0.2) is 92.7 Å². The van der Waals surface area contributed by atoms with Crippen molar-refractivity contribution in [1.82, 2.24) is 0 Å². The number of ether oxygens (including phenoxy) is 10. The lowest BCUT2D eigenvalue weighted by Crippen LogP contribution is -2.62. The van der Waals surface area contributed by atoms with Crippen molar-refractivity contribution in [2.45, 2.75) is 61.4 Å². The van der Waals surface area contributed by atoms with Gasteiger partial charge in [-0.25, -0.2) is 28.8 Å². The summed E-state index contributed by atoms with van der Waals surface area (Å²) >= 11 is 0. The summed E-state index contributed by atoms with van der Waals surface area (Å²) in [6.07, 6.45) is -24.7. The Bertz CT molecular complexity index is 3640. The molecular weight excluding hydrogens is 1220 g/mol. The average molecular weight is 1270 g/mol. The fourth-order valence-corrected chi connectivity index (χ4v) is 8.90. The van der Waals surface area contributed by atoms with E-state index in [2.05, 4.69) is 0 Å². The monoisotopic (exact) mass is 1270 g/mol. The molecular formula is C54H44O36. The van der Waals surface area contributed by atoms with Crippen LogP contribution in [0.25, 0.3) is 0 Å². The molecule has 2 fully saturated rings. The number of phenols is 16. The molecule has 3 aliphatic rings. The van der Waals surface area contributed by atoms with Crippen molar-refractivity contribution in [3.63, 3.8) is 0 Å². The molecule has 90 heavy (non-hydrogen) atoms. The molecule has 0 radical (unpaired) electrons. The molecule has 20 N–H and O–H groups in total. The van der Waals surface area contributed by atoms with Crippen LogP contribution in [-0.2, 0) is 37.9 Å². The smallest absolute Gasteiger partial charge is 0.342 e. The second-order valence-corrected chi connectivity index (χ2v) is 19.3. The lowest BCUT2D eigenvalue weighted by molar-refractivity contribution is -0.283. The maximum atomic E-state index is 14.6. The van der Waals surface area contributed by atoms with Crippen LogP contribution >= 0.6 is 0 Å². The summed E-state index contributed by atoms with van der Waals surface area (Å²) in [6, 6.07) is 4.29. The Balaban J connectivity index is 1.23. The number of phenolic OH excluding ortho intramolecular Hbond substituents is 16. The van der Waals surface area contributed by atoms with E-state index in [1.54, 1.807) is 0 Å². The molecule has 10 atom stereocenters. The summed E-state index contributed by atoms with van der Waals surface area (Å²) in [4.78, 5) is 85.3. The zero-order valence-electron chi connectivity index (χ0n) is 44.4. The fourth-order valence-electron chi connectivity index (χ4n) is 8.90. The van der Waals surface area contributed by atoms with E-state index in [1.165, 1.54) is 0 Å². The first kappa shape index (κ1) is 62.8. The van der Waals surface area contributed by atoms with Gasteiger partial charge in [-0.3, -0.25) is 0 Å². The Labute approximate surface area is 496 Å². The Kier molecular flexibility index (Phi) is 16.9. The Morgan fingerprint density at radius 3 is 1.01 bits per heavy atom. The highest BCUT2D eigenvalue weighted by Gasteiger charge is 2.54. The number of esters is 6. The molecule has 4 bridgehead atoms. The van der Waals surface area contributed by atoms with Crippen LogP contribution in [0.3, 0.4) is 0 Å². The molecule has 6 aromatic rings.